The van der Waals surface area contributed by atoms with Crippen LogP contribution in [-0.2, 0) is 12.6 Å². The van der Waals surface area contributed by atoms with Crippen LogP contribution in [0.1, 0.15) is 57.6 Å². The molecule has 1 aromatic heterocycles. The van der Waals surface area contributed by atoms with E-state index in [4.69, 9.17) is 4.74 Å². The molecule has 0 spiro atoms. The molecule has 0 fully saturated rings. The minimum absolute atomic E-state index is 0.0719. The number of unbranched alkanes of at least 4 members (excludes halogenated alkanes) is 3. The molecule has 7 heteroatoms. The average molecular weight is 395 g/mol. The summed E-state index contributed by atoms with van der Waals surface area (Å²) >= 11 is 0. The van der Waals surface area contributed by atoms with E-state index < -0.39 is 11.7 Å². The lowest BCUT2D eigenvalue weighted by Gasteiger charge is -2.23. The molecule has 0 amide bonds. The van der Waals surface area contributed by atoms with Gasteiger partial charge in [-0.3, -0.25) is 0 Å². The second-order valence-electron chi connectivity index (χ2n) is 7.09. The number of hydrogen-bond acceptors (Lipinski definition) is 4. The van der Waals surface area contributed by atoms with Crippen LogP contribution in [0.25, 0.3) is 0 Å². The zero-order valence-electron chi connectivity index (χ0n) is 16.9. The Morgan fingerprint density at radius 3 is 2.32 bits per heavy atom. The van der Waals surface area contributed by atoms with Crippen LogP contribution in [0.3, 0.4) is 0 Å². The Labute approximate surface area is 164 Å². The number of benzene rings is 1. The highest BCUT2D eigenvalue weighted by Gasteiger charge is 2.36. The van der Waals surface area contributed by atoms with Gasteiger partial charge in [0, 0.05) is 18.9 Å². The predicted octanol–water partition coefficient (Wildman–Crippen LogP) is 6.17. The van der Waals surface area contributed by atoms with Gasteiger partial charge in [-0.05, 0) is 44.4 Å². The van der Waals surface area contributed by atoms with Gasteiger partial charge >= 0.3 is 12.2 Å². The number of ether oxygens (including phenoxy) is 1. The van der Waals surface area contributed by atoms with E-state index in [1.807, 2.05) is 24.3 Å². The molecule has 0 N–H and O–H groups in total. The van der Waals surface area contributed by atoms with Gasteiger partial charge in [-0.1, -0.05) is 38.3 Å². The Hall–Kier alpha value is -2.31. The molecule has 154 valence electrons. The van der Waals surface area contributed by atoms with Gasteiger partial charge in [-0.15, -0.1) is 0 Å². The molecule has 0 aliphatic carbocycles. The molecule has 28 heavy (non-hydrogen) atoms. The topological polar surface area (TPSA) is 38.2 Å². The summed E-state index contributed by atoms with van der Waals surface area (Å²) in [6.45, 7) is 5.71. The zero-order chi connectivity index (χ0) is 20.7. The summed E-state index contributed by atoms with van der Waals surface area (Å²) in [5, 5.41) is 0. The molecule has 0 aliphatic rings. The molecule has 2 aromatic rings. The van der Waals surface area contributed by atoms with Gasteiger partial charge in [0.05, 0.1) is 6.10 Å². The monoisotopic (exact) mass is 395 g/mol. The Balaban J connectivity index is 2.24. The minimum Gasteiger partial charge on any atom is -0.461 e. The van der Waals surface area contributed by atoms with Gasteiger partial charge in [0.2, 0.25) is 0 Å². The molecular formula is C21H28F3N3O. The molecule has 0 aliphatic heterocycles. The van der Waals surface area contributed by atoms with Crippen molar-refractivity contribution < 1.29 is 17.9 Å². The van der Waals surface area contributed by atoms with Crippen LogP contribution < -0.4 is 9.64 Å². The van der Waals surface area contributed by atoms with Gasteiger partial charge in [0.25, 0.3) is 0 Å². The van der Waals surface area contributed by atoms with E-state index in [-0.39, 0.29) is 17.9 Å². The fourth-order valence-corrected chi connectivity index (χ4v) is 2.84. The van der Waals surface area contributed by atoms with Gasteiger partial charge < -0.3 is 9.64 Å². The summed E-state index contributed by atoms with van der Waals surface area (Å²) in [7, 11) is 1.56. The fourth-order valence-electron chi connectivity index (χ4n) is 2.84. The number of halogens is 3. The second kappa shape index (κ2) is 9.75. The van der Waals surface area contributed by atoms with Crippen molar-refractivity contribution in [1.29, 1.82) is 0 Å². The summed E-state index contributed by atoms with van der Waals surface area (Å²) in [6.07, 6.45) is 1.66. The van der Waals surface area contributed by atoms with Crippen molar-refractivity contribution in [2.24, 2.45) is 0 Å². The van der Waals surface area contributed by atoms with Crippen LogP contribution in [0, 0.1) is 0 Å². The lowest BCUT2D eigenvalue weighted by Crippen LogP contribution is -2.20. The van der Waals surface area contributed by atoms with Crippen LogP contribution in [-0.4, -0.2) is 23.1 Å². The lowest BCUT2D eigenvalue weighted by molar-refractivity contribution is -0.137. The average Bonchev–Trinajstić information content (AvgIpc) is 2.64. The molecular weight excluding hydrogens is 367 g/mol. The van der Waals surface area contributed by atoms with Crippen LogP contribution in [0.15, 0.2) is 30.5 Å². The number of hydrogen-bond donors (Lipinski definition) is 0. The van der Waals surface area contributed by atoms with E-state index in [9.17, 15) is 13.2 Å². The first-order valence-electron chi connectivity index (χ1n) is 9.66. The highest BCUT2D eigenvalue weighted by atomic mass is 19.4. The van der Waals surface area contributed by atoms with Crippen molar-refractivity contribution in [3.63, 3.8) is 0 Å². The summed E-state index contributed by atoms with van der Waals surface area (Å²) in [6, 6.07) is 7.48. The van der Waals surface area contributed by atoms with E-state index in [0.29, 0.717) is 5.69 Å². The van der Waals surface area contributed by atoms with Crippen LogP contribution in [0.2, 0.25) is 0 Å². The van der Waals surface area contributed by atoms with E-state index in [2.05, 4.69) is 16.9 Å². The number of aryl methyl sites for hydroxylation is 1. The van der Waals surface area contributed by atoms with Crippen LogP contribution in [0.4, 0.5) is 24.7 Å². The smallest absolute Gasteiger partial charge is 0.421 e. The Morgan fingerprint density at radius 2 is 1.75 bits per heavy atom. The number of rotatable bonds is 9. The van der Waals surface area contributed by atoms with Gasteiger partial charge in [-0.2, -0.15) is 18.2 Å². The highest BCUT2D eigenvalue weighted by molar-refractivity contribution is 5.63. The Morgan fingerprint density at radius 1 is 1.07 bits per heavy atom. The fraction of sp³-hybridized carbons (Fsp3) is 0.524. The number of alkyl halides is 3. The molecule has 0 radical (unpaired) electrons. The Kier molecular flexibility index (Phi) is 7.66. The standard InChI is InChI=1S/C21H28F3N3O/c1-5-6-7-8-9-16-10-12-17(13-11-16)27(4)19-18(21(22,23)24)14-25-20(26-19)28-15(2)3/h10-15H,5-9H2,1-4H3. The summed E-state index contributed by atoms with van der Waals surface area (Å²) < 4.78 is 45.7. The number of aromatic nitrogens is 2. The third-order valence-electron chi connectivity index (χ3n) is 4.35. The highest BCUT2D eigenvalue weighted by Crippen LogP contribution is 2.37. The molecule has 4 nitrogen and oxygen atoms in total. The van der Waals surface area contributed by atoms with Crippen molar-refractivity contribution in [2.45, 2.75) is 65.2 Å². The number of anilines is 2. The largest absolute Gasteiger partial charge is 0.461 e. The maximum absolute atomic E-state index is 13.4. The SMILES string of the molecule is CCCCCCc1ccc(N(C)c2nc(OC(C)C)ncc2C(F)(F)F)cc1. The Bertz CT molecular complexity index is 746. The van der Waals surface area contributed by atoms with Gasteiger partial charge in [-0.25, -0.2) is 4.98 Å². The van der Waals surface area contributed by atoms with E-state index >= 15 is 0 Å². The van der Waals surface area contributed by atoms with E-state index in [1.165, 1.54) is 29.7 Å². The molecule has 0 bridgehead atoms. The molecule has 0 saturated carbocycles. The second-order valence-corrected chi connectivity index (χ2v) is 7.09. The van der Waals surface area contributed by atoms with E-state index in [1.54, 1.807) is 20.9 Å². The van der Waals surface area contributed by atoms with Crippen LogP contribution >= 0.6 is 0 Å². The normalized spacial score (nSPS) is 11.7. The van der Waals surface area contributed by atoms with Crippen molar-refractivity contribution in [3.05, 3.63) is 41.6 Å². The third kappa shape index (κ3) is 6.11. The molecule has 0 atom stereocenters. The molecule has 2 rings (SSSR count). The lowest BCUT2D eigenvalue weighted by atomic mass is 10.1. The number of nitrogens with zero attached hydrogens (tertiary/aromatic N) is 3. The van der Waals surface area contributed by atoms with Crippen molar-refractivity contribution in [1.82, 2.24) is 9.97 Å². The van der Waals surface area contributed by atoms with Crippen molar-refractivity contribution in [3.8, 4) is 6.01 Å². The van der Waals surface area contributed by atoms with Crippen molar-refractivity contribution in [2.75, 3.05) is 11.9 Å². The third-order valence-corrected chi connectivity index (χ3v) is 4.35. The molecule has 1 heterocycles. The quantitative estimate of drug-likeness (QED) is 0.476. The summed E-state index contributed by atoms with van der Waals surface area (Å²) in [5.41, 5.74) is 0.905. The molecule has 0 saturated heterocycles. The van der Waals surface area contributed by atoms with Crippen LogP contribution in [0.5, 0.6) is 6.01 Å². The minimum atomic E-state index is -4.56. The molecule has 1 aromatic carbocycles. The summed E-state index contributed by atoms with van der Waals surface area (Å²) in [4.78, 5) is 9.14. The van der Waals surface area contributed by atoms with E-state index in [0.717, 1.165) is 19.0 Å². The molecule has 0 unspecified atom stereocenters. The first-order valence-corrected chi connectivity index (χ1v) is 9.66. The van der Waals surface area contributed by atoms with Crippen molar-refractivity contribution >= 4 is 11.5 Å². The summed E-state index contributed by atoms with van der Waals surface area (Å²) in [5.74, 6) is -0.228. The van der Waals surface area contributed by atoms with Gasteiger partial charge in [0.1, 0.15) is 5.56 Å². The maximum atomic E-state index is 13.4. The maximum Gasteiger partial charge on any atom is 0.421 e. The zero-order valence-corrected chi connectivity index (χ0v) is 16.9. The first-order chi connectivity index (χ1) is 13.2. The first kappa shape index (κ1) is 22.0. The predicted molar refractivity (Wildman–Crippen MR) is 105 cm³/mol. The van der Waals surface area contributed by atoms with Gasteiger partial charge in [0.15, 0.2) is 5.82 Å².